The zero-order valence-corrected chi connectivity index (χ0v) is 14.5. The number of benzene rings is 1. The van der Waals surface area contributed by atoms with Crippen LogP contribution >= 0.6 is 27.3 Å². The van der Waals surface area contributed by atoms with Crippen LogP contribution < -0.4 is 4.72 Å². The molecule has 0 spiro atoms. The van der Waals surface area contributed by atoms with Crippen LogP contribution in [0.2, 0.25) is 0 Å². The first-order chi connectivity index (χ1) is 9.47. The molecule has 6 heteroatoms. The molecule has 0 aliphatic heterocycles. The van der Waals surface area contributed by atoms with Crippen LogP contribution in [-0.4, -0.2) is 8.42 Å². The van der Waals surface area contributed by atoms with Crippen molar-refractivity contribution in [2.45, 2.75) is 30.9 Å². The van der Waals surface area contributed by atoms with E-state index < -0.39 is 10.0 Å². The highest BCUT2D eigenvalue weighted by molar-refractivity contribution is 9.11. The molecule has 2 aromatic rings. The third-order valence-corrected chi connectivity index (χ3v) is 6.51. The summed E-state index contributed by atoms with van der Waals surface area (Å²) in [4.78, 5) is 0. The number of sulfonamides is 1. The van der Waals surface area contributed by atoms with Gasteiger partial charge in [-0.3, -0.25) is 4.72 Å². The van der Waals surface area contributed by atoms with Crippen molar-refractivity contribution >= 4 is 43.0 Å². The Bertz CT molecular complexity index is 685. The maximum atomic E-state index is 12.4. The van der Waals surface area contributed by atoms with Gasteiger partial charge in [0.2, 0.25) is 0 Å². The Morgan fingerprint density at radius 2 is 1.70 bits per heavy atom. The zero-order valence-electron chi connectivity index (χ0n) is 11.3. The van der Waals surface area contributed by atoms with E-state index in [0.29, 0.717) is 4.21 Å². The summed E-state index contributed by atoms with van der Waals surface area (Å²) in [7, 11) is -3.52. The predicted octanol–water partition coefficient (Wildman–Crippen LogP) is 4.44. The van der Waals surface area contributed by atoms with Crippen LogP contribution in [-0.2, 0) is 22.9 Å². The molecule has 0 bridgehead atoms. The fourth-order valence-corrected chi connectivity index (χ4v) is 5.15. The molecule has 1 aromatic heterocycles. The van der Waals surface area contributed by atoms with Crippen LogP contribution in [0.25, 0.3) is 0 Å². The minimum Gasteiger partial charge on any atom is -0.278 e. The Kier molecular flexibility index (Phi) is 4.88. The molecule has 0 aliphatic carbocycles. The number of para-hydroxylation sites is 1. The lowest BCUT2D eigenvalue weighted by atomic mass is 10.0. The minimum atomic E-state index is -3.52. The van der Waals surface area contributed by atoms with Crippen LogP contribution in [0.15, 0.2) is 38.3 Å². The van der Waals surface area contributed by atoms with Crippen molar-refractivity contribution in [3.05, 3.63) is 45.2 Å². The molecule has 0 saturated carbocycles. The van der Waals surface area contributed by atoms with Gasteiger partial charge in [-0.15, -0.1) is 11.3 Å². The van der Waals surface area contributed by atoms with E-state index in [0.717, 1.165) is 33.4 Å². The van der Waals surface area contributed by atoms with Crippen molar-refractivity contribution in [3.8, 4) is 0 Å². The average Bonchev–Trinajstić information content (AvgIpc) is 2.86. The molecule has 3 nitrogen and oxygen atoms in total. The molecule has 1 N–H and O–H groups in total. The number of anilines is 1. The maximum Gasteiger partial charge on any atom is 0.271 e. The second-order valence-corrected chi connectivity index (χ2v) is 8.69. The first kappa shape index (κ1) is 15.5. The first-order valence-electron chi connectivity index (χ1n) is 6.36. The fraction of sp³-hybridized carbons (Fsp3) is 0.286. The smallest absolute Gasteiger partial charge is 0.271 e. The number of hydrogen-bond donors (Lipinski definition) is 1. The molecule has 0 atom stereocenters. The summed E-state index contributed by atoms with van der Waals surface area (Å²) < 4.78 is 28.7. The zero-order chi connectivity index (χ0) is 14.8. The standard InChI is InChI=1S/C14H16BrNO2S2/c1-3-10-6-5-7-11(4-2)14(10)16-20(17,18)13-9-8-12(15)19-13/h5-9,16H,3-4H2,1-2H3. The normalized spacial score (nSPS) is 11.6. The Morgan fingerprint density at radius 3 is 2.15 bits per heavy atom. The second-order valence-electron chi connectivity index (χ2n) is 4.32. The van der Waals surface area contributed by atoms with Gasteiger partial charge in [0.15, 0.2) is 0 Å². The van der Waals surface area contributed by atoms with E-state index in [1.165, 1.54) is 11.3 Å². The van der Waals surface area contributed by atoms with Crippen molar-refractivity contribution in [2.24, 2.45) is 0 Å². The fourth-order valence-electron chi connectivity index (χ4n) is 2.00. The Hall–Kier alpha value is -0.850. The topological polar surface area (TPSA) is 46.2 Å². The van der Waals surface area contributed by atoms with Crippen LogP contribution in [0.1, 0.15) is 25.0 Å². The summed E-state index contributed by atoms with van der Waals surface area (Å²) >= 11 is 4.50. The monoisotopic (exact) mass is 373 g/mol. The predicted molar refractivity (Wildman–Crippen MR) is 88.0 cm³/mol. The number of hydrogen-bond acceptors (Lipinski definition) is 3. The summed E-state index contributed by atoms with van der Waals surface area (Å²) in [6.07, 6.45) is 1.58. The first-order valence-corrected chi connectivity index (χ1v) is 9.46. The molecular formula is C14H16BrNO2S2. The Balaban J connectivity index is 2.43. The lowest BCUT2D eigenvalue weighted by molar-refractivity contribution is 0.603. The highest BCUT2D eigenvalue weighted by Crippen LogP contribution is 2.30. The number of rotatable bonds is 5. The molecule has 0 unspecified atom stereocenters. The quantitative estimate of drug-likeness (QED) is 0.841. The molecule has 1 aromatic carbocycles. The molecule has 0 saturated heterocycles. The highest BCUT2D eigenvalue weighted by atomic mass is 79.9. The summed E-state index contributed by atoms with van der Waals surface area (Å²) in [6, 6.07) is 9.24. The van der Waals surface area contributed by atoms with Gasteiger partial charge >= 0.3 is 0 Å². The van der Waals surface area contributed by atoms with Gasteiger partial charge in [0, 0.05) is 0 Å². The molecule has 0 fully saturated rings. The SMILES string of the molecule is CCc1cccc(CC)c1NS(=O)(=O)c1ccc(Br)s1. The van der Waals surface area contributed by atoms with Gasteiger partial charge in [-0.1, -0.05) is 32.0 Å². The largest absolute Gasteiger partial charge is 0.278 e. The number of thiophene rings is 1. The second kappa shape index (κ2) is 6.28. The van der Waals surface area contributed by atoms with E-state index in [9.17, 15) is 8.42 Å². The van der Waals surface area contributed by atoms with Gasteiger partial charge < -0.3 is 0 Å². The molecule has 20 heavy (non-hydrogen) atoms. The summed E-state index contributed by atoms with van der Waals surface area (Å²) in [5, 5.41) is 0. The third kappa shape index (κ3) is 3.24. The molecule has 108 valence electrons. The number of halogens is 1. The lowest BCUT2D eigenvalue weighted by Gasteiger charge is -2.14. The lowest BCUT2D eigenvalue weighted by Crippen LogP contribution is -2.14. The number of aryl methyl sites for hydroxylation is 2. The van der Waals surface area contributed by atoms with Crippen molar-refractivity contribution < 1.29 is 8.42 Å². The summed E-state index contributed by atoms with van der Waals surface area (Å²) in [6.45, 7) is 4.04. The van der Waals surface area contributed by atoms with Gasteiger partial charge in [0.1, 0.15) is 4.21 Å². The van der Waals surface area contributed by atoms with Crippen molar-refractivity contribution in [3.63, 3.8) is 0 Å². The molecule has 0 amide bonds. The van der Waals surface area contributed by atoms with Gasteiger partial charge in [0.05, 0.1) is 9.47 Å². The van der Waals surface area contributed by atoms with E-state index in [1.807, 2.05) is 32.0 Å². The Morgan fingerprint density at radius 1 is 1.10 bits per heavy atom. The Labute approximate surface area is 132 Å². The van der Waals surface area contributed by atoms with Crippen LogP contribution in [0.5, 0.6) is 0 Å². The van der Waals surface area contributed by atoms with Crippen molar-refractivity contribution in [2.75, 3.05) is 4.72 Å². The van der Waals surface area contributed by atoms with E-state index in [1.54, 1.807) is 12.1 Å². The minimum absolute atomic E-state index is 0.317. The van der Waals surface area contributed by atoms with Crippen LogP contribution in [0.4, 0.5) is 5.69 Å². The van der Waals surface area contributed by atoms with Gasteiger partial charge in [-0.2, -0.15) is 0 Å². The molecule has 0 aliphatic rings. The van der Waals surface area contributed by atoms with E-state index in [2.05, 4.69) is 20.7 Å². The van der Waals surface area contributed by atoms with Gasteiger partial charge in [0.25, 0.3) is 10.0 Å². The van der Waals surface area contributed by atoms with Crippen molar-refractivity contribution in [1.82, 2.24) is 0 Å². The van der Waals surface area contributed by atoms with Crippen LogP contribution in [0.3, 0.4) is 0 Å². The summed E-state index contributed by atoms with van der Waals surface area (Å²) in [5.74, 6) is 0. The number of nitrogens with one attached hydrogen (secondary N) is 1. The average molecular weight is 374 g/mol. The molecular weight excluding hydrogens is 358 g/mol. The molecule has 1 heterocycles. The van der Waals surface area contributed by atoms with Gasteiger partial charge in [-0.05, 0) is 52.0 Å². The van der Waals surface area contributed by atoms with E-state index in [-0.39, 0.29) is 0 Å². The highest BCUT2D eigenvalue weighted by Gasteiger charge is 2.19. The molecule has 2 rings (SSSR count). The van der Waals surface area contributed by atoms with E-state index >= 15 is 0 Å². The van der Waals surface area contributed by atoms with E-state index in [4.69, 9.17) is 0 Å². The van der Waals surface area contributed by atoms with Crippen molar-refractivity contribution in [1.29, 1.82) is 0 Å². The van der Waals surface area contributed by atoms with Gasteiger partial charge in [-0.25, -0.2) is 8.42 Å². The molecule has 0 radical (unpaired) electrons. The van der Waals surface area contributed by atoms with Crippen LogP contribution in [0, 0.1) is 0 Å². The summed E-state index contributed by atoms with van der Waals surface area (Å²) in [5.41, 5.74) is 2.76. The maximum absolute atomic E-state index is 12.4. The third-order valence-electron chi connectivity index (χ3n) is 3.05.